The van der Waals surface area contributed by atoms with E-state index in [0.29, 0.717) is 5.71 Å². The van der Waals surface area contributed by atoms with Crippen LogP contribution >= 0.6 is 0 Å². The van der Waals surface area contributed by atoms with Crippen LogP contribution in [0.1, 0.15) is 0 Å². The van der Waals surface area contributed by atoms with E-state index in [4.69, 9.17) is 14.4 Å². The van der Waals surface area contributed by atoms with Crippen molar-refractivity contribution in [1.82, 2.24) is 19.1 Å². The minimum absolute atomic E-state index is 0.543. The third-order valence-corrected chi connectivity index (χ3v) is 11.2. The SMILES string of the molecule is c1ccc(-n2c3ccccc3c3cc(-c4ccc5c(c4)c4ccccc4n5-c4cccc(-c5cnc6c(n5)oc5ccc7ccccc7c56)c4)ccc32)cc1. The minimum atomic E-state index is 0.543. The molecule has 0 N–H and O–H groups in total. The smallest absolute Gasteiger partial charge is 0.246 e. The van der Waals surface area contributed by atoms with Gasteiger partial charge in [0, 0.05) is 38.5 Å². The topological polar surface area (TPSA) is 48.8 Å². The van der Waals surface area contributed by atoms with Gasteiger partial charge in [-0.15, -0.1) is 0 Å². The molecule has 4 heterocycles. The summed E-state index contributed by atoms with van der Waals surface area (Å²) in [6.07, 6.45) is 1.87. The average molecular weight is 703 g/mol. The molecule has 55 heavy (non-hydrogen) atoms. The molecule has 0 bridgehead atoms. The number of hydrogen-bond acceptors (Lipinski definition) is 3. The Balaban J connectivity index is 0.982. The van der Waals surface area contributed by atoms with Gasteiger partial charge in [0.25, 0.3) is 0 Å². The maximum atomic E-state index is 6.27. The van der Waals surface area contributed by atoms with E-state index in [0.717, 1.165) is 60.9 Å². The number of para-hydroxylation sites is 3. The lowest BCUT2D eigenvalue weighted by atomic mass is 10.0. The lowest BCUT2D eigenvalue weighted by Gasteiger charge is -2.10. The molecule has 0 amide bonds. The van der Waals surface area contributed by atoms with Crippen LogP contribution in [0.4, 0.5) is 0 Å². The third-order valence-electron chi connectivity index (χ3n) is 11.2. The van der Waals surface area contributed by atoms with Crippen molar-refractivity contribution in [3.05, 3.63) is 182 Å². The molecule has 0 radical (unpaired) electrons. The second-order valence-electron chi connectivity index (χ2n) is 14.2. The first-order chi connectivity index (χ1) is 27.3. The van der Waals surface area contributed by atoms with Crippen molar-refractivity contribution in [2.24, 2.45) is 0 Å². The van der Waals surface area contributed by atoms with E-state index in [1.165, 1.54) is 43.7 Å². The van der Waals surface area contributed by atoms with Gasteiger partial charge >= 0.3 is 0 Å². The summed E-state index contributed by atoms with van der Waals surface area (Å²) in [5, 5.41) is 8.19. The summed E-state index contributed by atoms with van der Waals surface area (Å²) in [4.78, 5) is 9.92. The van der Waals surface area contributed by atoms with Crippen LogP contribution in [0, 0.1) is 0 Å². The summed E-state index contributed by atoms with van der Waals surface area (Å²) >= 11 is 0. The number of benzene rings is 8. The average Bonchev–Trinajstić information content (AvgIpc) is 3.91. The lowest BCUT2D eigenvalue weighted by Crippen LogP contribution is -1.95. The van der Waals surface area contributed by atoms with Crippen molar-refractivity contribution < 1.29 is 4.42 Å². The highest BCUT2D eigenvalue weighted by Crippen LogP contribution is 2.39. The first-order valence-electron chi connectivity index (χ1n) is 18.6. The first-order valence-corrected chi connectivity index (χ1v) is 18.6. The number of rotatable bonds is 4. The number of furan rings is 1. The van der Waals surface area contributed by atoms with Crippen molar-refractivity contribution in [3.8, 4) is 33.8 Å². The maximum absolute atomic E-state index is 6.27. The first kappa shape index (κ1) is 30.0. The minimum Gasteiger partial charge on any atom is -0.436 e. The molecule has 0 aliphatic rings. The van der Waals surface area contributed by atoms with Gasteiger partial charge in [-0.2, -0.15) is 0 Å². The van der Waals surface area contributed by atoms with Gasteiger partial charge in [-0.25, -0.2) is 9.97 Å². The molecule has 12 rings (SSSR count). The summed E-state index contributed by atoms with van der Waals surface area (Å²) in [5.74, 6) is 0. The van der Waals surface area contributed by atoms with Gasteiger partial charge in [-0.3, -0.25) is 0 Å². The van der Waals surface area contributed by atoms with Gasteiger partial charge in [0.1, 0.15) is 11.1 Å². The summed E-state index contributed by atoms with van der Waals surface area (Å²) < 4.78 is 11.0. The molecule has 0 spiro atoms. The van der Waals surface area contributed by atoms with Crippen LogP contribution in [0.25, 0.3) is 110 Å². The normalized spacial score (nSPS) is 12.0. The maximum Gasteiger partial charge on any atom is 0.246 e. The van der Waals surface area contributed by atoms with Crippen LogP contribution in [-0.4, -0.2) is 19.1 Å². The number of aromatic nitrogens is 4. The Morgan fingerprint density at radius 2 is 1.02 bits per heavy atom. The predicted octanol–water partition coefficient (Wildman–Crippen LogP) is 13.1. The van der Waals surface area contributed by atoms with Crippen LogP contribution in [-0.2, 0) is 0 Å². The van der Waals surface area contributed by atoms with Gasteiger partial charge in [0.05, 0.1) is 39.3 Å². The van der Waals surface area contributed by atoms with Crippen LogP contribution in [0.3, 0.4) is 0 Å². The Labute approximate surface area is 315 Å². The van der Waals surface area contributed by atoms with E-state index in [1.807, 2.05) is 12.3 Å². The molecule has 0 saturated carbocycles. The van der Waals surface area contributed by atoms with Crippen LogP contribution in [0.2, 0.25) is 0 Å². The lowest BCUT2D eigenvalue weighted by molar-refractivity contribution is 0.654. The van der Waals surface area contributed by atoms with E-state index >= 15 is 0 Å². The molecular weight excluding hydrogens is 673 g/mol. The van der Waals surface area contributed by atoms with Gasteiger partial charge in [-0.05, 0) is 88.6 Å². The van der Waals surface area contributed by atoms with Crippen molar-refractivity contribution in [3.63, 3.8) is 0 Å². The fraction of sp³-hybridized carbons (Fsp3) is 0. The summed E-state index contributed by atoms with van der Waals surface area (Å²) in [7, 11) is 0. The van der Waals surface area contributed by atoms with E-state index in [-0.39, 0.29) is 0 Å². The summed E-state index contributed by atoms with van der Waals surface area (Å²) in [6.45, 7) is 0. The molecule has 8 aromatic carbocycles. The molecule has 0 fully saturated rings. The monoisotopic (exact) mass is 702 g/mol. The molecule has 0 aliphatic carbocycles. The largest absolute Gasteiger partial charge is 0.436 e. The highest BCUT2D eigenvalue weighted by atomic mass is 16.3. The predicted molar refractivity (Wildman–Crippen MR) is 226 cm³/mol. The zero-order valence-corrected chi connectivity index (χ0v) is 29.5. The summed E-state index contributed by atoms with van der Waals surface area (Å²) in [5.41, 5.74) is 13.2. The van der Waals surface area contributed by atoms with E-state index in [1.54, 1.807) is 0 Å². The zero-order valence-electron chi connectivity index (χ0n) is 29.5. The highest BCUT2D eigenvalue weighted by Gasteiger charge is 2.18. The van der Waals surface area contributed by atoms with Crippen LogP contribution < -0.4 is 0 Å². The number of hydrogen-bond donors (Lipinski definition) is 0. The van der Waals surface area contributed by atoms with Crippen molar-refractivity contribution in [2.75, 3.05) is 0 Å². The number of fused-ring (bicyclic) bond motifs is 11. The van der Waals surface area contributed by atoms with E-state index < -0.39 is 0 Å². The fourth-order valence-electron chi connectivity index (χ4n) is 8.68. The van der Waals surface area contributed by atoms with Crippen molar-refractivity contribution in [2.45, 2.75) is 0 Å². The van der Waals surface area contributed by atoms with Gasteiger partial charge in [0.2, 0.25) is 5.71 Å². The standard InChI is InChI=1S/C50H30N4O/c1-2-13-35(14-3-1)53-43-19-8-6-17-38(43)40-28-32(21-24-45(40)53)33-22-25-46-41(29-33)39-18-7-9-20-44(39)54(46)36-15-10-12-34(27-36)42-30-51-49-48-37-16-5-4-11-31(37)23-26-47(48)55-50(49)52-42/h1-30H. The zero-order chi connectivity index (χ0) is 36.0. The van der Waals surface area contributed by atoms with Crippen LogP contribution in [0.5, 0.6) is 0 Å². The summed E-state index contributed by atoms with van der Waals surface area (Å²) in [6, 6.07) is 62.7. The molecule has 0 saturated heterocycles. The quantitative estimate of drug-likeness (QED) is 0.183. The Kier molecular flexibility index (Phi) is 6.27. The Morgan fingerprint density at radius 3 is 1.75 bits per heavy atom. The molecule has 4 aromatic heterocycles. The van der Waals surface area contributed by atoms with Crippen molar-refractivity contribution in [1.29, 1.82) is 0 Å². The number of nitrogens with zero attached hydrogens (tertiary/aromatic N) is 4. The molecule has 0 aliphatic heterocycles. The molecule has 12 aromatic rings. The van der Waals surface area contributed by atoms with E-state index in [9.17, 15) is 0 Å². The Morgan fingerprint density at radius 1 is 0.418 bits per heavy atom. The second-order valence-corrected chi connectivity index (χ2v) is 14.2. The molecule has 0 atom stereocenters. The molecule has 256 valence electrons. The molecule has 5 heteroatoms. The fourth-order valence-corrected chi connectivity index (χ4v) is 8.68. The molecule has 5 nitrogen and oxygen atoms in total. The van der Waals surface area contributed by atoms with Gasteiger partial charge < -0.3 is 13.6 Å². The molecule has 0 unspecified atom stereocenters. The van der Waals surface area contributed by atoms with Gasteiger partial charge in [-0.1, -0.05) is 109 Å². The Hall–Kier alpha value is -7.50. The van der Waals surface area contributed by atoms with Crippen molar-refractivity contribution >= 4 is 76.6 Å². The molecular formula is C50H30N4O. The highest BCUT2D eigenvalue weighted by molar-refractivity contribution is 6.17. The van der Waals surface area contributed by atoms with Crippen LogP contribution in [0.15, 0.2) is 187 Å². The third kappa shape index (κ3) is 4.47. The van der Waals surface area contributed by atoms with Gasteiger partial charge in [0.15, 0.2) is 0 Å². The Bertz CT molecular complexity index is 3500. The van der Waals surface area contributed by atoms with E-state index in [2.05, 4.69) is 179 Å². The second kappa shape index (κ2) is 11.5.